The Morgan fingerprint density at radius 2 is 1.94 bits per heavy atom. The predicted octanol–water partition coefficient (Wildman–Crippen LogP) is 4.56. The SMILES string of the molecule is CC(=Cc1csc(C)n1)[C@@H]1C[C@@H]2O[C@@H]2CCC[C@H](C)[C@H](O)[C@@H](C)C(=O)C(C)(C)[C@@H](O)CCO1. The largest absolute Gasteiger partial charge is 0.392 e. The number of aliphatic hydroxyl groups excluding tert-OH is 2. The molecular formula is C26H41NO5S. The van der Waals surface area contributed by atoms with E-state index in [0.29, 0.717) is 13.0 Å². The van der Waals surface area contributed by atoms with Crippen LogP contribution in [-0.2, 0) is 14.3 Å². The van der Waals surface area contributed by atoms with Crippen LogP contribution in [0.5, 0.6) is 0 Å². The number of hydrogen-bond donors (Lipinski definition) is 2. The van der Waals surface area contributed by atoms with E-state index >= 15 is 0 Å². The number of carbonyl (C=O) groups excluding carboxylic acids is 1. The average Bonchev–Trinajstić information content (AvgIpc) is 3.38. The van der Waals surface area contributed by atoms with Gasteiger partial charge in [0.25, 0.3) is 0 Å². The molecular weight excluding hydrogens is 438 g/mol. The maximum absolute atomic E-state index is 13.2. The number of aliphatic hydroxyl groups is 2. The van der Waals surface area contributed by atoms with Gasteiger partial charge in [-0.05, 0) is 50.7 Å². The highest BCUT2D eigenvalue weighted by atomic mass is 32.1. The molecule has 2 fully saturated rings. The van der Waals surface area contributed by atoms with Crippen molar-refractivity contribution in [2.75, 3.05) is 6.61 Å². The van der Waals surface area contributed by atoms with Crippen molar-refractivity contribution in [1.82, 2.24) is 4.98 Å². The number of Topliss-reactive ketones (excluding diaryl/α,β-unsaturated/α-hetero) is 1. The first-order valence-electron chi connectivity index (χ1n) is 12.3. The van der Waals surface area contributed by atoms with Crippen LogP contribution in [0.15, 0.2) is 11.0 Å². The molecule has 7 atom stereocenters. The van der Waals surface area contributed by atoms with Crippen LogP contribution in [0.3, 0.4) is 0 Å². The van der Waals surface area contributed by atoms with Crippen molar-refractivity contribution in [1.29, 1.82) is 0 Å². The molecule has 6 nitrogen and oxygen atoms in total. The Labute approximate surface area is 202 Å². The van der Waals surface area contributed by atoms with Crippen molar-refractivity contribution in [2.45, 2.75) is 104 Å². The second-order valence-corrected chi connectivity index (χ2v) is 11.6. The van der Waals surface area contributed by atoms with Crippen molar-refractivity contribution in [3.63, 3.8) is 0 Å². The molecule has 0 spiro atoms. The Balaban J connectivity index is 1.75. The molecule has 0 bridgehead atoms. The zero-order valence-corrected chi connectivity index (χ0v) is 21.7. The summed E-state index contributed by atoms with van der Waals surface area (Å²) in [5.74, 6) is -0.605. The summed E-state index contributed by atoms with van der Waals surface area (Å²) in [6.07, 6.45) is 4.65. The summed E-state index contributed by atoms with van der Waals surface area (Å²) in [4.78, 5) is 17.7. The molecule has 2 N–H and O–H groups in total. The third-order valence-electron chi connectivity index (χ3n) is 7.49. The molecule has 186 valence electrons. The number of ether oxygens (including phenoxy) is 2. The predicted molar refractivity (Wildman–Crippen MR) is 131 cm³/mol. The van der Waals surface area contributed by atoms with Crippen LogP contribution in [0.4, 0.5) is 0 Å². The normalized spacial score (nSPS) is 36.9. The summed E-state index contributed by atoms with van der Waals surface area (Å²) in [5, 5.41) is 24.7. The van der Waals surface area contributed by atoms with Crippen LogP contribution >= 0.6 is 11.3 Å². The quantitative estimate of drug-likeness (QED) is 0.604. The van der Waals surface area contributed by atoms with Gasteiger partial charge in [0.1, 0.15) is 5.78 Å². The van der Waals surface area contributed by atoms with Crippen LogP contribution < -0.4 is 0 Å². The minimum atomic E-state index is -0.955. The minimum Gasteiger partial charge on any atom is -0.392 e. The number of carbonyl (C=O) groups is 1. The molecule has 2 saturated heterocycles. The van der Waals surface area contributed by atoms with Gasteiger partial charge in [-0.1, -0.05) is 34.1 Å². The Bertz CT molecular complexity index is 834. The molecule has 2 aliphatic heterocycles. The molecule has 1 aromatic rings. The first-order valence-corrected chi connectivity index (χ1v) is 13.2. The summed E-state index contributed by atoms with van der Waals surface area (Å²) in [5.41, 5.74) is 1.07. The van der Waals surface area contributed by atoms with E-state index in [9.17, 15) is 15.0 Å². The third kappa shape index (κ3) is 6.73. The maximum atomic E-state index is 13.2. The van der Waals surface area contributed by atoms with E-state index in [1.807, 2.05) is 19.2 Å². The van der Waals surface area contributed by atoms with Crippen molar-refractivity contribution < 1.29 is 24.5 Å². The fourth-order valence-electron chi connectivity index (χ4n) is 4.90. The summed E-state index contributed by atoms with van der Waals surface area (Å²) in [6, 6.07) is 0. The first-order chi connectivity index (χ1) is 15.5. The average molecular weight is 480 g/mol. The lowest BCUT2D eigenvalue weighted by atomic mass is 9.73. The first kappa shape index (κ1) is 26.5. The van der Waals surface area contributed by atoms with Crippen molar-refractivity contribution in [3.8, 4) is 0 Å². The third-order valence-corrected chi connectivity index (χ3v) is 8.28. The van der Waals surface area contributed by atoms with Gasteiger partial charge in [0.05, 0.1) is 41.2 Å². The van der Waals surface area contributed by atoms with E-state index in [1.54, 1.807) is 32.1 Å². The van der Waals surface area contributed by atoms with E-state index < -0.39 is 23.5 Å². The number of aromatic nitrogens is 1. The van der Waals surface area contributed by atoms with E-state index in [1.165, 1.54) is 0 Å². The maximum Gasteiger partial charge on any atom is 0.146 e. The van der Waals surface area contributed by atoms with Gasteiger partial charge in [-0.15, -0.1) is 11.3 Å². The fourth-order valence-corrected chi connectivity index (χ4v) is 5.47. The summed E-state index contributed by atoms with van der Waals surface area (Å²) in [7, 11) is 0. The molecule has 33 heavy (non-hydrogen) atoms. The second kappa shape index (κ2) is 11.1. The molecule has 3 rings (SSSR count). The van der Waals surface area contributed by atoms with Crippen molar-refractivity contribution in [2.24, 2.45) is 17.3 Å². The van der Waals surface area contributed by atoms with Gasteiger partial charge >= 0.3 is 0 Å². The molecule has 7 heteroatoms. The molecule has 2 aliphatic rings. The summed E-state index contributed by atoms with van der Waals surface area (Å²) in [6.45, 7) is 11.7. The van der Waals surface area contributed by atoms with Crippen molar-refractivity contribution in [3.05, 3.63) is 21.7 Å². The number of rotatable bonds is 2. The Hall–Kier alpha value is -1.12. The van der Waals surface area contributed by atoms with Crippen LogP contribution in [0.1, 0.15) is 77.4 Å². The summed E-state index contributed by atoms with van der Waals surface area (Å²) < 4.78 is 12.2. The lowest BCUT2D eigenvalue weighted by Crippen LogP contribution is -2.45. The van der Waals surface area contributed by atoms with Gasteiger partial charge in [0.2, 0.25) is 0 Å². The lowest BCUT2D eigenvalue weighted by Gasteiger charge is -2.35. The Morgan fingerprint density at radius 3 is 2.61 bits per heavy atom. The summed E-state index contributed by atoms with van der Waals surface area (Å²) >= 11 is 1.63. The van der Waals surface area contributed by atoms with Crippen LogP contribution in [0.25, 0.3) is 6.08 Å². The second-order valence-electron chi connectivity index (χ2n) is 10.6. The number of ketones is 1. The number of nitrogens with zero attached hydrogens (tertiary/aromatic N) is 1. The minimum absolute atomic E-state index is 0.0184. The fraction of sp³-hybridized carbons (Fsp3) is 0.769. The zero-order valence-electron chi connectivity index (χ0n) is 20.9. The highest BCUT2D eigenvalue weighted by Gasteiger charge is 2.43. The van der Waals surface area contributed by atoms with Gasteiger partial charge in [0.15, 0.2) is 0 Å². The Morgan fingerprint density at radius 1 is 1.21 bits per heavy atom. The lowest BCUT2D eigenvalue weighted by molar-refractivity contribution is -0.142. The van der Waals surface area contributed by atoms with Crippen molar-refractivity contribution >= 4 is 23.2 Å². The highest BCUT2D eigenvalue weighted by molar-refractivity contribution is 7.09. The number of aryl methyl sites for hydroxylation is 1. The van der Waals surface area contributed by atoms with Crippen LogP contribution in [0.2, 0.25) is 0 Å². The van der Waals surface area contributed by atoms with E-state index in [2.05, 4.69) is 18.0 Å². The molecule has 0 radical (unpaired) electrons. The molecule has 0 unspecified atom stereocenters. The molecule has 1 aromatic heterocycles. The zero-order chi connectivity index (χ0) is 24.3. The number of hydrogen-bond acceptors (Lipinski definition) is 7. The molecule has 0 saturated carbocycles. The molecule has 0 aliphatic carbocycles. The molecule has 0 aromatic carbocycles. The van der Waals surface area contributed by atoms with Gasteiger partial charge in [-0.3, -0.25) is 4.79 Å². The molecule has 0 amide bonds. The monoisotopic (exact) mass is 479 g/mol. The van der Waals surface area contributed by atoms with Gasteiger partial charge in [-0.2, -0.15) is 0 Å². The van der Waals surface area contributed by atoms with Crippen LogP contribution in [0, 0.1) is 24.2 Å². The topological polar surface area (TPSA) is 92.2 Å². The van der Waals surface area contributed by atoms with Gasteiger partial charge in [-0.25, -0.2) is 4.98 Å². The number of epoxide rings is 1. The van der Waals surface area contributed by atoms with Crippen LogP contribution in [-0.4, -0.2) is 58.1 Å². The van der Waals surface area contributed by atoms with Gasteiger partial charge < -0.3 is 19.7 Å². The highest BCUT2D eigenvalue weighted by Crippen LogP contribution is 2.36. The van der Waals surface area contributed by atoms with E-state index in [0.717, 1.165) is 42.0 Å². The number of fused-ring (bicyclic) bond motifs is 1. The smallest absolute Gasteiger partial charge is 0.146 e. The molecule has 3 heterocycles. The van der Waals surface area contributed by atoms with Gasteiger partial charge in [0, 0.05) is 29.7 Å². The Kier molecular flexibility index (Phi) is 8.89. The van der Waals surface area contributed by atoms with E-state index in [4.69, 9.17) is 9.47 Å². The van der Waals surface area contributed by atoms with E-state index in [-0.39, 0.29) is 30.0 Å². The standard InChI is InChI=1S/C26H41NO5S/c1-15-8-7-9-20-22(32-20)13-21(16(2)12-19-14-33-18(4)27-19)31-11-10-23(28)26(5,6)25(30)17(3)24(15)29/h12,14-15,17,20-24,28-29H,7-11,13H2,1-6H3/t15-,17+,20+,21-,22-,23-,24-/m0/s1. The number of thiazole rings is 1.